The highest BCUT2D eigenvalue weighted by Crippen LogP contribution is 2.39. The van der Waals surface area contributed by atoms with Crippen LogP contribution in [0, 0.1) is 11.8 Å². The molecule has 2 aromatic rings. The summed E-state index contributed by atoms with van der Waals surface area (Å²) in [5.74, 6) is -0.105. The average molecular weight is 486 g/mol. The first kappa shape index (κ1) is 28.2. The number of hydrogen-bond donors (Lipinski definition) is 2. The third-order valence-corrected chi connectivity index (χ3v) is 6.47. The molecular weight excluding hydrogens is 446 g/mol. The van der Waals surface area contributed by atoms with Crippen LogP contribution in [0.3, 0.4) is 0 Å². The monoisotopic (exact) mass is 485 g/mol. The van der Waals surface area contributed by atoms with Gasteiger partial charge in [0.2, 0.25) is 0 Å². The average Bonchev–Trinajstić information content (AvgIpc) is 2.81. The first-order valence-electron chi connectivity index (χ1n) is 12.2. The third kappa shape index (κ3) is 6.75. The van der Waals surface area contributed by atoms with E-state index in [1.54, 1.807) is 0 Å². The van der Waals surface area contributed by atoms with Gasteiger partial charge in [0, 0.05) is 17.5 Å². The topological polar surface area (TPSA) is 96.3 Å². The third-order valence-electron chi connectivity index (χ3n) is 6.47. The van der Waals surface area contributed by atoms with E-state index in [4.69, 9.17) is 9.47 Å². The van der Waals surface area contributed by atoms with Crippen molar-refractivity contribution in [3.8, 4) is 11.5 Å². The summed E-state index contributed by atoms with van der Waals surface area (Å²) in [4.78, 5) is 26.0. The lowest BCUT2D eigenvalue weighted by Gasteiger charge is -2.36. The number of hydrogen-bond acceptors (Lipinski definition) is 5. The smallest absolute Gasteiger partial charge is 0.413 e. The molecule has 0 saturated carbocycles. The lowest BCUT2D eigenvalue weighted by molar-refractivity contribution is 0.0698. The van der Waals surface area contributed by atoms with Crippen molar-refractivity contribution in [3.05, 3.63) is 53.1 Å². The number of benzene rings is 2. The second kappa shape index (κ2) is 12.6. The van der Waals surface area contributed by atoms with Gasteiger partial charge >= 0.3 is 6.09 Å². The molecule has 2 unspecified atom stereocenters. The fourth-order valence-corrected chi connectivity index (χ4v) is 4.34. The van der Waals surface area contributed by atoms with Gasteiger partial charge in [0.15, 0.2) is 17.3 Å². The Morgan fingerprint density at radius 2 is 1.66 bits per heavy atom. The SMILES string of the molecule is CCc1ccccc1CC(C(O)N(C(=O)O)c1cc(OC(C)C)c(OC)cc1C(C)=O)[C@H](C)CC. The number of ether oxygens (including phenoxy) is 2. The van der Waals surface area contributed by atoms with Gasteiger partial charge in [-0.05, 0) is 56.7 Å². The summed E-state index contributed by atoms with van der Waals surface area (Å²) >= 11 is 0. The van der Waals surface area contributed by atoms with Gasteiger partial charge in [-0.25, -0.2) is 4.79 Å². The van der Waals surface area contributed by atoms with Crippen molar-refractivity contribution in [2.24, 2.45) is 11.8 Å². The highest BCUT2D eigenvalue weighted by molar-refractivity contribution is 6.04. The fraction of sp³-hybridized carbons (Fsp3) is 0.500. The van der Waals surface area contributed by atoms with E-state index in [0.29, 0.717) is 17.9 Å². The van der Waals surface area contributed by atoms with Gasteiger partial charge in [0.05, 0.1) is 18.9 Å². The number of rotatable bonds is 12. The second-order valence-electron chi connectivity index (χ2n) is 9.18. The van der Waals surface area contributed by atoms with Crippen molar-refractivity contribution in [3.63, 3.8) is 0 Å². The van der Waals surface area contributed by atoms with Crippen molar-refractivity contribution in [1.29, 1.82) is 0 Å². The summed E-state index contributed by atoms with van der Waals surface area (Å²) in [7, 11) is 1.46. The van der Waals surface area contributed by atoms with Crippen LogP contribution in [-0.2, 0) is 12.8 Å². The minimum absolute atomic E-state index is 0.0159. The number of anilines is 1. The number of amides is 1. The quantitative estimate of drug-likeness (QED) is 0.285. The molecule has 7 heteroatoms. The molecule has 0 heterocycles. The molecule has 0 fully saturated rings. The van der Waals surface area contributed by atoms with Crippen LogP contribution >= 0.6 is 0 Å². The molecule has 2 rings (SSSR count). The minimum Gasteiger partial charge on any atom is -0.493 e. The molecule has 0 bridgehead atoms. The summed E-state index contributed by atoms with van der Waals surface area (Å²) < 4.78 is 11.2. The Morgan fingerprint density at radius 3 is 2.14 bits per heavy atom. The summed E-state index contributed by atoms with van der Waals surface area (Å²) in [5.41, 5.74) is 2.45. The van der Waals surface area contributed by atoms with Crippen LogP contribution in [0.15, 0.2) is 36.4 Å². The number of aryl methyl sites for hydroxylation is 1. The standard InChI is InChI=1S/C28H39NO6/c1-8-18(5)22(14-21-13-11-10-12-20(21)9-2)27(31)29(28(32)33)24-16-26(35-17(3)4)25(34-7)15-23(24)19(6)30/h10-13,15-18,22,27,31H,8-9,14H2,1-7H3,(H,32,33)/t18-,22?,27?/m1/s1. The van der Waals surface area contributed by atoms with E-state index in [-0.39, 0.29) is 29.1 Å². The molecular formula is C28H39NO6. The summed E-state index contributed by atoms with van der Waals surface area (Å²) in [6, 6.07) is 11.0. The number of carbonyl (C=O) groups excluding carboxylic acids is 1. The zero-order valence-electron chi connectivity index (χ0n) is 21.9. The fourth-order valence-electron chi connectivity index (χ4n) is 4.34. The maximum Gasteiger partial charge on any atom is 0.413 e. The van der Waals surface area contributed by atoms with Gasteiger partial charge in [-0.3, -0.25) is 9.69 Å². The van der Waals surface area contributed by atoms with Crippen LogP contribution in [0.4, 0.5) is 10.5 Å². The Hall–Kier alpha value is -3.06. The van der Waals surface area contributed by atoms with Gasteiger partial charge in [0.1, 0.15) is 6.23 Å². The Labute approximate surface area is 208 Å². The van der Waals surface area contributed by atoms with Crippen LogP contribution < -0.4 is 14.4 Å². The maximum atomic E-state index is 12.6. The lowest BCUT2D eigenvalue weighted by Crippen LogP contribution is -2.47. The van der Waals surface area contributed by atoms with Gasteiger partial charge < -0.3 is 19.7 Å². The number of aliphatic hydroxyl groups is 1. The molecule has 35 heavy (non-hydrogen) atoms. The van der Waals surface area contributed by atoms with Crippen molar-refractivity contribution in [1.82, 2.24) is 0 Å². The Balaban J connectivity index is 2.65. The Kier molecular flexibility index (Phi) is 10.1. The number of carboxylic acid groups (broad SMARTS) is 1. The van der Waals surface area contributed by atoms with Crippen LogP contribution in [0.1, 0.15) is 69.4 Å². The molecule has 2 N–H and O–H groups in total. The highest BCUT2D eigenvalue weighted by atomic mass is 16.5. The molecule has 0 aromatic heterocycles. The normalized spacial score (nSPS) is 13.7. The van der Waals surface area contributed by atoms with E-state index in [9.17, 15) is 19.8 Å². The van der Waals surface area contributed by atoms with Crippen LogP contribution in [0.25, 0.3) is 0 Å². The molecule has 0 spiro atoms. The molecule has 2 aromatic carbocycles. The van der Waals surface area contributed by atoms with Crippen LogP contribution in [-0.4, -0.2) is 41.5 Å². The van der Waals surface area contributed by atoms with Crippen molar-refractivity contribution < 1.29 is 29.3 Å². The summed E-state index contributed by atoms with van der Waals surface area (Å²) in [6.07, 6.45) is -0.839. The van der Waals surface area contributed by atoms with E-state index in [1.807, 2.05) is 45.9 Å². The van der Waals surface area contributed by atoms with E-state index >= 15 is 0 Å². The number of aliphatic hydroxyl groups excluding tert-OH is 1. The molecule has 0 saturated heterocycles. The molecule has 1 amide bonds. The zero-order valence-corrected chi connectivity index (χ0v) is 21.9. The van der Waals surface area contributed by atoms with E-state index in [1.165, 1.54) is 26.2 Å². The van der Waals surface area contributed by atoms with Crippen molar-refractivity contribution >= 4 is 17.6 Å². The number of ketones is 1. The number of Topliss-reactive ketones (excluding diaryl/α,β-unsaturated/α-hetero) is 1. The second-order valence-corrected chi connectivity index (χ2v) is 9.18. The number of methoxy groups -OCH3 is 1. The van der Waals surface area contributed by atoms with E-state index < -0.39 is 18.2 Å². The van der Waals surface area contributed by atoms with E-state index in [2.05, 4.69) is 13.0 Å². The molecule has 3 atom stereocenters. The first-order valence-corrected chi connectivity index (χ1v) is 12.2. The minimum atomic E-state index is -1.38. The predicted octanol–water partition coefficient (Wildman–Crippen LogP) is 5.96. The van der Waals surface area contributed by atoms with Crippen molar-refractivity contribution in [2.45, 2.75) is 73.1 Å². The largest absolute Gasteiger partial charge is 0.493 e. The molecule has 0 aliphatic heterocycles. The molecule has 0 aliphatic rings. The Morgan fingerprint density at radius 1 is 1.03 bits per heavy atom. The van der Waals surface area contributed by atoms with Gasteiger partial charge in [-0.1, -0.05) is 51.5 Å². The van der Waals surface area contributed by atoms with Gasteiger partial charge in [0.25, 0.3) is 0 Å². The molecule has 7 nitrogen and oxygen atoms in total. The number of carbonyl (C=O) groups is 2. The highest BCUT2D eigenvalue weighted by Gasteiger charge is 2.36. The molecule has 0 radical (unpaired) electrons. The van der Waals surface area contributed by atoms with Crippen molar-refractivity contribution in [2.75, 3.05) is 12.0 Å². The van der Waals surface area contributed by atoms with Gasteiger partial charge in [-0.15, -0.1) is 0 Å². The summed E-state index contributed by atoms with van der Waals surface area (Å²) in [6.45, 7) is 11.1. The predicted molar refractivity (Wildman–Crippen MR) is 138 cm³/mol. The molecule has 192 valence electrons. The Bertz CT molecular complexity index is 1020. The van der Waals surface area contributed by atoms with Gasteiger partial charge in [-0.2, -0.15) is 0 Å². The number of nitrogens with zero attached hydrogens (tertiary/aromatic N) is 1. The van der Waals surface area contributed by atoms with Crippen LogP contribution in [0.5, 0.6) is 11.5 Å². The van der Waals surface area contributed by atoms with E-state index in [0.717, 1.165) is 28.9 Å². The summed E-state index contributed by atoms with van der Waals surface area (Å²) in [5, 5.41) is 21.8. The molecule has 0 aliphatic carbocycles. The lowest BCUT2D eigenvalue weighted by atomic mass is 9.83. The zero-order chi connectivity index (χ0) is 26.3. The maximum absolute atomic E-state index is 12.6. The first-order chi connectivity index (χ1) is 16.5. The van der Waals surface area contributed by atoms with Crippen LogP contribution in [0.2, 0.25) is 0 Å².